The van der Waals surface area contributed by atoms with Crippen LogP contribution in [0.5, 0.6) is 0 Å². The number of imidazole rings is 1. The smallest absolute Gasteiger partial charge is 0.259 e. The highest BCUT2D eigenvalue weighted by Crippen LogP contribution is 2.12. The van der Waals surface area contributed by atoms with Crippen LogP contribution in [0.4, 0.5) is 0 Å². The summed E-state index contributed by atoms with van der Waals surface area (Å²) in [6, 6.07) is 0. The Morgan fingerprint density at radius 3 is 2.63 bits per heavy atom. The van der Waals surface area contributed by atoms with Crippen LogP contribution in [0.2, 0.25) is 0 Å². The van der Waals surface area contributed by atoms with Crippen LogP contribution < -0.4 is 4.72 Å². The molecule has 0 bridgehead atoms. The number of alkyl halides is 1. The van der Waals surface area contributed by atoms with Crippen LogP contribution in [-0.2, 0) is 16.6 Å². The van der Waals surface area contributed by atoms with Crippen molar-refractivity contribution < 1.29 is 8.42 Å². The normalized spacial score (nSPS) is 14.0. The Morgan fingerprint density at radius 1 is 1.47 bits per heavy atom. The van der Waals surface area contributed by atoms with Crippen LogP contribution in [0, 0.1) is 12.8 Å². The molecule has 1 N–H and O–H groups in total. The Labute approximate surface area is 120 Å². The van der Waals surface area contributed by atoms with Crippen molar-refractivity contribution >= 4 is 21.6 Å². The second-order valence-electron chi connectivity index (χ2n) is 4.93. The molecule has 0 fully saturated rings. The van der Waals surface area contributed by atoms with Gasteiger partial charge < -0.3 is 4.57 Å². The summed E-state index contributed by atoms with van der Waals surface area (Å²) < 4.78 is 28.5. The van der Waals surface area contributed by atoms with Crippen LogP contribution in [0.25, 0.3) is 0 Å². The molecule has 0 aromatic carbocycles. The van der Waals surface area contributed by atoms with Crippen molar-refractivity contribution in [1.82, 2.24) is 14.3 Å². The maximum absolute atomic E-state index is 12.1. The van der Waals surface area contributed by atoms with Crippen molar-refractivity contribution in [2.45, 2.75) is 51.1 Å². The highest BCUT2D eigenvalue weighted by molar-refractivity contribution is 7.89. The lowest BCUT2D eigenvalue weighted by Gasteiger charge is -2.13. The zero-order chi connectivity index (χ0) is 14.6. The lowest BCUT2D eigenvalue weighted by molar-refractivity contribution is 0.554. The molecule has 0 spiro atoms. The molecule has 0 aliphatic heterocycles. The minimum absolute atomic E-state index is 0.0612. The fourth-order valence-electron chi connectivity index (χ4n) is 1.57. The molecular formula is C12H22ClN3O2S. The molecule has 1 aromatic heterocycles. The Balaban J connectivity index is 2.80. The molecule has 1 unspecified atom stereocenters. The molecule has 0 saturated heterocycles. The monoisotopic (exact) mass is 307 g/mol. The molecule has 5 nitrogen and oxygen atoms in total. The summed E-state index contributed by atoms with van der Waals surface area (Å²) in [5.74, 6) is 0.914. The van der Waals surface area contributed by atoms with E-state index in [2.05, 4.69) is 9.71 Å². The van der Waals surface area contributed by atoms with E-state index in [4.69, 9.17) is 11.6 Å². The fourth-order valence-corrected chi connectivity index (χ4v) is 2.81. The SMILES string of the molecule is CCCn1cc(S(=O)(=O)NCC(Cl)C(C)C)nc1C. The van der Waals surface area contributed by atoms with Crippen molar-refractivity contribution in [1.29, 1.82) is 0 Å². The Kier molecular flexibility index (Phi) is 5.82. The lowest BCUT2D eigenvalue weighted by atomic mass is 10.1. The zero-order valence-electron chi connectivity index (χ0n) is 11.9. The second-order valence-corrected chi connectivity index (χ2v) is 7.21. The number of sulfonamides is 1. The van der Waals surface area contributed by atoms with E-state index in [1.165, 1.54) is 0 Å². The first-order chi connectivity index (χ1) is 8.77. The number of hydrogen-bond acceptors (Lipinski definition) is 3. The first-order valence-electron chi connectivity index (χ1n) is 6.45. The van der Waals surface area contributed by atoms with Crippen LogP contribution >= 0.6 is 11.6 Å². The number of aromatic nitrogens is 2. The molecule has 1 atom stereocenters. The maximum atomic E-state index is 12.1. The maximum Gasteiger partial charge on any atom is 0.259 e. The predicted molar refractivity (Wildman–Crippen MR) is 76.9 cm³/mol. The number of nitrogens with one attached hydrogen (secondary N) is 1. The average Bonchev–Trinajstić information content (AvgIpc) is 2.69. The minimum atomic E-state index is -3.58. The first-order valence-corrected chi connectivity index (χ1v) is 8.37. The second kappa shape index (κ2) is 6.72. The molecule has 1 rings (SSSR count). The third kappa shape index (κ3) is 4.47. The van der Waals surface area contributed by atoms with E-state index in [-0.39, 0.29) is 22.9 Å². The van der Waals surface area contributed by atoms with E-state index in [0.29, 0.717) is 5.82 Å². The van der Waals surface area contributed by atoms with Crippen molar-refractivity contribution in [2.24, 2.45) is 5.92 Å². The number of rotatable bonds is 7. The molecule has 0 aliphatic carbocycles. The van der Waals surface area contributed by atoms with E-state index in [1.54, 1.807) is 13.1 Å². The summed E-state index contributed by atoms with van der Waals surface area (Å²) in [5.41, 5.74) is 0. The van der Waals surface area contributed by atoms with Gasteiger partial charge in [-0.3, -0.25) is 0 Å². The largest absolute Gasteiger partial charge is 0.334 e. The Bertz CT molecular complexity index is 511. The van der Waals surface area contributed by atoms with Gasteiger partial charge >= 0.3 is 0 Å². The van der Waals surface area contributed by atoms with Crippen molar-refractivity contribution in [2.75, 3.05) is 6.54 Å². The number of halogens is 1. The van der Waals surface area contributed by atoms with Gasteiger partial charge in [0, 0.05) is 24.7 Å². The first kappa shape index (κ1) is 16.5. The summed E-state index contributed by atoms with van der Waals surface area (Å²) in [7, 11) is -3.58. The quantitative estimate of drug-likeness (QED) is 0.785. The molecule has 0 amide bonds. The van der Waals surface area contributed by atoms with Gasteiger partial charge in [-0.2, -0.15) is 0 Å². The van der Waals surface area contributed by atoms with Gasteiger partial charge in [0.1, 0.15) is 5.82 Å². The van der Waals surface area contributed by atoms with Gasteiger partial charge in [-0.1, -0.05) is 20.8 Å². The van der Waals surface area contributed by atoms with Gasteiger partial charge in [0.15, 0.2) is 5.03 Å². The van der Waals surface area contributed by atoms with Gasteiger partial charge in [-0.15, -0.1) is 11.6 Å². The lowest BCUT2D eigenvalue weighted by Crippen LogP contribution is -2.32. The third-order valence-corrected chi connectivity index (χ3v) is 4.84. The zero-order valence-corrected chi connectivity index (χ0v) is 13.4. The Morgan fingerprint density at radius 2 is 2.11 bits per heavy atom. The molecule has 1 heterocycles. The van der Waals surface area contributed by atoms with Crippen molar-refractivity contribution in [3.63, 3.8) is 0 Å². The predicted octanol–water partition coefficient (Wildman–Crippen LogP) is 2.14. The summed E-state index contributed by atoms with van der Waals surface area (Å²) in [4.78, 5) is 4.09. The van der Waals surface area contributed by atoms with Gasteiger partial charge in [0.25, 0.3) is 10.0 Å². The standard InChI is InChI=1S/C12H22ClN3O2S/c1-5-6-16-8-12(15-10(16)4)19(17,18)14-7-11(13)9(2)3/h8-9,11,14H,5-7H2,1-4H3. The van der Waals surface area contributed by atoms with E-state index >= 15 is 0 Å². The molecule has 0 saturated carbocycles. The molecule has 19 heavy (non-hydrogen) atoms. The van der Waals surface area contributed by atoms with E-state index in [1.807, 2.05) is 25.3 Å². The van der Waals surface area contributed by atoms with Gasteiger partial charge in [0.05, 0.1) is 0 Å². The van der Waals surface area contributed by atoms with Gasteiger partial charge in [-0.25, -0.2) is 18.1 Å². The van der Waals surface area contributed by atoms with E-state index in [9.17, 15) is 8.42 Å². The highest BCUT2D eigenvalue weighted by Gasteiger charge is 2.21. The topological polar surface area (TPSA) is 64.0 Å². The van der Waals surface area contributed by atoms with Crippen molar-refractivity contribution in [3.05, 3.63) is 12.0 Å². The van der Waals surface area contributed by atoms with Crippen molar-refractivity contribution in [3.8, 4) is 0 Å². The third-order valence-electron chi connectivity index (χ3n) is 2.89. The molecular weight excluding hydrogens is 286 g/mol. The van der Waals surface area contributed by atoms with Crippen LogP contribution in [0.1, 0.15) is 33.0 Å². The van der Waals surface area contributed by atoms with Gasteiger partial charge in [-0.05, 0) is 19.3 Å². The molecule has 0 aliphatic rings. The number of nitrogens with zero attached hydrogens (tertiary/aromatic N) is 2. The van der Waals surface area contributed by atoms with Gasteiger partial charge in [0.2, 0.25) is 0 Å². The average molecular weight is 308 g/mol. The summed E-state index contributed by atoms with van der Waals surface area (Å²) >= 11 is 6.04. The summed E-state index contributed by atoms with van der Waals surface area (Å²) in [6.45, 7) is 8.71. The van der Waals surface area contributed by atoms with Crippen LogP contribution in [-0.4, -0.2) is 29.9 Å². The molecule has 1 aromatic rings. The molecule has 110 valence electrons. The Hall–Kier alpha value is -0.590. The number of aryl methyl sites for hydroxylation is 2. The summed E-state index contributed by atoms with van der Waals surface area (Å²) in [6.07, 6.45) is 2.50. The highest BCUT2D eigenvalue weighted by atomic mass is 35.5. The minimum Gasteiger partial charge on any atom is -0.334 e. The van der Waals surface area contributed by atoms with E-state index < -0.39 is 10.0 Å². The molecule has 7 heteroatoms. The number of hydrogen-bond donors (Lipinski definition) is 1. The van der Waals surface area contributed by atoms with E-state index in [0.717, 1.165) is 13.0 Å². The molecule has 0 radical (unpaired) electrons. The fraction of sp³-hybridized carbons (Fsp3) is 0.750. The van der Waals surface area contributed by atoms with Crippen LogP contribution in [0.3, 0.4) is 0 Å². The van der Waals surface area contributed by atoms with Crippen LogP contribution in [0.15, 0.2) is 11.2 Å². The summed E-state index contributed by atoms with van der Waals surface area (Å²) in [5, 5.41) is -0.167.